The lowest BCUT2D eigenvalue weighted by molar-refractivity contribution is -0.127. The van der Waals surface area contributed by atoms with Gasteiger partial charge in [0, 0.05) is 29.9 Å². The number of ether oxygens (including phenoxy) is 3. The maximum atomic E-state index is 12.9. The summed E-state index contributed by atoms with van der Waals surface area (Å²) in [6.45, 7) is 6.66. The van der Waals surface area contributed by atoms with Gasteiger partial charge in [0.1, 0.15) is 23.9 Å². The van der Waals surface area contributed by atoms with Crippen molar-refractivity contribution in [2.75, 3.05) is 37.6 Å². The van der Waals surface area contributed by atoms with Crippen LogP contribution in [0.5, 0.6) is 17.2 Å². The minimum Gasteiger partial charge on any atom is -0.497 e. The first-order valence-corrected chi connectivity index (χ1v) is 9.92. The number of nitrogens with zero attached hydrogens (tertiary/aromatic N) is 1. The van der Waals surface area contributed by atoms with Crippen molar-refractivity contribution in [2.24, 2.45) is 5.41 Å². The number of hydrogen-bond acceptors (Lipinski definition) is 5. The summed E-state index contributed by atoms with van der Waals surface area (Å²) in [6.07, 6.45) is 0.831. The molecule has 7 nitrogen and oxygen atoms in total. The van der Waals surface area contributed by atoms with Crippen molar-refractivity contribution in [3.8, 4) is 17.2 Å². The van der Waals surface area contributed by atoms with Crippen molar-refractivity contribution >= 4 is 23.2 Å². The Kier molecular flexibility index (Phi) is 6.20. The molecule has 0 saturated heterocycles. The Morgan fingerprint density at radius 1 is 1.13 bits per heavy atom. The van der Waals surface area contributed by atoms with Gasteiger partial charge < -0.3 is 24.4 Å². The maximum absolute atomic E-state index is 12.9. The van der Waals surface area contributed by atoms with Gasteiger partial charge >= 0.3 is 0 Å². The number of anilines is 2. The predicted molar refractivity (Wildman–Crippen MR) is 116 cm³/mol. The van der Waals surface area contributed by atoms with Crippen molar-refractivity contribution < 1.29 is 23.8 Å². The first kappa shape index (κ1) is 21.5. The molecule has 3 rings (SSSR count). The number of nitrogens with one attached hydrogen (secondary N) is 1. The number of methoxy groups -OCH3 is 2. The Morgan fingerprint density at radius 2 is 1.80 bits per heavy atom. The summed E-state index contributed by atoms with van der Waals surface area (Å²) in [5.41, 5.74) is 1.07. The molecule has 7 heteroatoms. The molecule has 0 aliphatic carbocycles. The molecule has 2 aromatic carbocycles. The fraction of sp³-hybridized carbons (Fsp3) is 0.391. The molecule has 2 aromatic rings. The molecule has 0 bridgehead atoms. The molecule has 30 heavy (non-hydrogen) atoms. The monoisotopic (exact) mass is 412 g/mol. The number of carbonyl (C=O) groups excluding carboxylic acids is 2. The molecule has 0 aromatic heterocycles. The van der Waals surface area contributed by atoms with Gasteiger partial charge in [-0.15, -0.1) is 0 Å². The van der Waals surface area contributed by atoms with E-state index < -0.39 is 5.41 Å². The molecule has 2 amide bonds. The Bertz CT molecular complexity index is 932. The lowest BCUT2D eigenvalue weighted by Crippen LogP contribution is -2.42. The molecule has 0 unspecified atom stereocenters. The van der Waals surface area contributed by atoms with E-state index in [9.17, 15) is 9.59 Å². The first-order chi connectivity index (χ1) is 14.3. The summed E-state index contributed by atoms with van der Waals surface area (Å²) in [7, 11) is 3.07. The van der Waals surface area contributed by atoms with E-state index in [2.05, 4.69) is 5.32 Å². The number of benzene rings is 2. The van der Waals surface area contributed by atoms with Gasteiger partial charge in [0.05, 0.1) is 25.3 Å². The Morgan fingerprint density at radius 3 is 2.40 bits per heavy atom. The number of fused-ring (bicyclic) bond motifs is 1. The average molecular weight is 412 g/mol. The molecule has 1 aliphatic heterocycles. The second-order valence-electron chi connectivity index (χ2n) is 7.87. The van der Waals surface area contributed by atoms with Crippen LogP contribution < -0.4 is 24.4 Å². The fourth-order valence-electron chi connectivity index (χ4n) is 3.31. The highest BCUT2D eigenvalue weighted by molar-refractivity contribution is 6.05. The molecule has 0 spiro atoms. The standard InChI is InChI=1S/C23H28N2O5/c1-6-9-25-19-8-7-16(12-20(19)30-14-23(2,3)22(25)27)24-21(26)15-10-17(28-4)13-18(11-15)29-5/h7-8,10-13H,6,9,14H2,1-5H3,(H,24,26). The number of hydrogen-bond donors (Lipinski definition) is 1. The Labute approximate surface area is 176 Å². The molecular formula is C23H28N2O5. The molecule has 1 aliphatic rings. The first-order valence-electron chi connectivity index (χ1n) is 9.92. The van der Waals surface area contributed by atoms with Gasteiger partial charge in [-0.2, -0.15) is 0 Å². The van der Waals surface area contributed by atoms with Gasteiger partial charge in [0.2, 0.25) is 5.91 Å². The van der Waals surface area contributed by atoms with Crippen LogP contribution in [0, 0.1) is 5.41 Å². The van der Waals surface area contributed by atoms with E-state index in [-0.39, 0.29) is 18.4 Å². The van der Waals surface area contributed by atoms with Crippen LogP contribution in [0.15, 0.2) is 36.4 Å². The summed E-state index contributed by atoms with van der Waals surface area (Å²) in [6, 6.07) is 10.3. The van der Waals surface area contributed by atoms with Crippen LogP contribution >= 0.6 is 0 Å². The lowest BCUT2D eigenvalue weighted by atomic mass is 9.93. The lowest BCUT2D eigenvalue weighted by Gasteiger charge is -2.27. The molecular weight excluding hydrogens is 384 g/mol. The second kappa shape index (κ2) is 8.65. The number of amides is 2. The molecule has 0 fully saturated rings. The highest BCUT2D eigenvalue weighted by Crippen LogP contribution is 2.38. The molecule has 160 valence electrons. The zero-order valence-corrected chi connectivity index (χ0v) is 18.1. The minimum atomic E-state index is -0.630. The van der Waals surface area contributed by atoms with E-state index in [0.717, 1.165) is 6.42 Å². The van der Waals surface area contributed by atoms with E-state index in [0.29, 0.717) is 40.7 Å². The predicted octanol–water partition coefficient (Wildman–Crippen LogP) is 4.12. The van der Waals surface area contributed by atoms with Gasteiger partial charge in [-0.05, 0) is 44.5 Å². The van der Waals surface area contributed by atoms with E-state index in [1.165, 1.54) is 14.2 Å². The summed E-state index contributed by atoms with van der Waals surface area (Å²) in [5.74, 6) is 1.36. The Balaban J connectivity index is 1.89. The normalized spacial score (nSPS) is 15.0. The van der Waals surface area contributed by atoms with Crippen molar-refractivity contribution in [1.82, 2.24) is 0 Å². The maximum Gasteiger partial charge on any atom is 0.255 e. The van der Waals surface area contributed by atoms with Crippen LogP contribution in [0.4, 0.5) is 11.4 Å². The van der Waals surface area contributed by atoms with Crippen LogP contribution in [0.2, 0.25) is 0 Å². The second-order valence-corrected chi connectivity index (χ2v) is 7.87. The van der Waals surface area contributed by atoms with Gasteiger partial charge in [-0.1, -0.05) is 6.92 Å². The quantitative estimate of drug-likeness (QED) is 0.772. The van der Waals surface area contributed by atoms with Gasteiger partial charge in [-0.25, -0.2) is 0 Å². The smallest absolute Gasteiger partial charge is 0.255 e. The zero-order valence-electron chi connectivity index (χ0n) is 18.1. The fourth-order valence-corrected chi connectivity index (χ4v) is 3.31. The average Bonchev–Trinajstić information content (AvgIpc) is 2.83. The third-order valence-electron chi connectivity index (χ3n) is 4.98. The topological polar surface area (TPSA) is 77.1 Å². The highest BCUT2D eigenvalue weighted by Gasteiger charge is 2.37. The van der Waals surface area contributed by atoms with Gasteiger partial charge in [0.25, 0.3) is 5.91 Å². The van der Waals surface area contributed by atoms with Crippen LogP contribution in [0.1, 0.15) is 37.6 Å². The third kappa shape index (κ3) is 4.35. The SMILES string of the molecule is CCCN1C(=O)C(C)(C)COc2cc(NC(=O)c3cc(OC)cc(OC)c3)ccc21. The van der Waals surface area contributed by atoms with Gasteiger partial charge in [0.15, 0.2) is 0 Å². The van der Waals surface area contributed by atoms with E-state index in [1.54, 1.807) is 35.2 Å². The molecule has 0 atom stereocenters. The van der Waals surface area contributed by atoms with E-state index in [4.69, 9.17) is 14.2 Å². The van der Waals surface area contributed by atoms with Crippen molar-refractivity contribution in [3.63, 3.8) is 0 Å². The van der Waals surface area contributed by atoms with Crippen LogP contribution in [0.25, 0.3) is 0 Å². The van der Waals surface area contributed by atoms with Crippen molar-refractivity contribution in [2.45, 2.75) is 27.2 Å². The largest absolute Gasteiger partial charge is 0.497 e. The third-order valence-corrected chi connectivity index (χ3v) is 4.98. The van der Waals surface area contributed by atoms with E-state index in [1.807, 2.05) is 26.8 Å². The van der Waals surface area contributed by atoms with Crippen molar-refractivity contribution in [3.05, 3.63) is 42.0 Å². The van der Waals surface area contributed by atoms with Crippen LogP contribution in [-0.2, 0) is 4.79 Å². The summed E-state index contributed by atoms with van der Waals surface area (Å²) in [5, 5.41) is 2.88. The molecule has 1 heterocycles. The van der Waals surface area contributed by atoms with Gasteiger partial charge in [-0.3, -0.25) is 9.59 Å². The summed E-state index contributed by atoms with van der Waals surface area (Å²) < 4.78 is 16.4. The zero-order chi connectivity index (χ0) is 21.9. The summed E-state index contributed by atoms with van der Waals surface area (Å²) >= 11 is 0. The highest BCUT2D eigenvalue weighted by atomic mass is 16.5. The number of rotatable bonds is 6. The van der Waals surface area contributed by atoms with Crippen LogP contribution in [0.3, 0.4) is 0 Å². The molecule has 1 N–H and O–H groups in total. The van der Waals surface area contributed by atoms with Crippen molar-refractivity contribution in [1.29, 1.82) is 0 Å². The van der Waals surface area contributed by atoms with E-state index >= 15 is 0 Å². The molecule has 0 saturated carbocycles. The van der Waals surface area contributed by atoms with Crippen LogP contribution in [-0.4, -0.2) is 39.2 Å². The molecule has 0 radical (unpaired) electrons. The Hall–Kier alpha value is -3.22. The number of carbonyl (C=O) groups is 2. The minimum absolute atomic E-state index is 0.0309. The summed E-state index contributed by atoms with van der Waals surface area (Å²) in [4.78, 5) is 27.5.